The molecule has 1 spiro atoms. The molecule has 6 rings (SSSR count). The third-order valence-corrected chi connectivity index (χ3v) is 6.24. The summed E-state index contributed by atoms with van der Waals surface area (Å²) in [5, 5.41) is 51.7. The van der Waals surface area contributed by atoms with Crippen LogP contribution in [0.15, 0.2) is 90.0 Å². The zero-order valence-corrected chi connectivity index (χ0v) is 20.6. The Kier molecular flexibility index (Phi) is 5.70. The molecule has 4 aromatic carbocycles. The molecule has 0 aliphatic carbocycles. The highest BCUT2D eigenvalue weighted by molar-refractivity contribution is 6.03. The second-order valence-electron chi connectivity index (χ2n) is 8.36. The number of hydrogen-bond acceptors (Lipinski definition) is 8. The maximum Gasteiger partial charge on any atom is 0.275 e. The van der Waals surface area contributed by atoms with E-state index in [-0.39, 0.29) is 23.2 Å². The van der Waals surface area contributed by atoms with Crippen molar-refractivity contribution >= 4 is 12.1 Å². The molecule has 3 N–H and O–H groups in total. The minimum absolute atomic E-state index is 0.000583. The average Bonchev–Trinajstić information content (AvgIpc) is 3.24. The van der Waals surface area contributed by atoms with E-state index in [0.717, 1.165) is 12.1 Å². The van der Waals surface area contributed by atoms with Gasteiger partial charge < -0.3 is 20.1 Å². The Balaban J connectivity index is 0.000000343. The molecule has 0 radical (unpaired) electrons. The van der Waals surface area contributed by atoms with E-state index in [2.05, 4.69) is 5.10 Å². The number of aromatic hydroxyl groups is 3. The summed E-state index contributed by atoms with van der Waals surface area (Å²) in [6, 6.07) is 25.6. The number of phenols is 3. The van der Waals surface area contributed by atoms with Crippen LogP contribution in [-0.2, 0) is 5.54 Å². The molecule has 0 saturated carbocycles. The summed E-state index contributed by atoms with van der Waals surface area (Å²) < 4.78 is 43.0. The molecule has 0 atom stereocenters. The second kappa shape index (κ2) is 11.3. The van der Waals surface area contributed by atoms with Crippen LogP contribution in [0, 0.1) is 22.7 Å². The van der Waals surface area contributed by atoms with E-state index in [1.165, 1.54) is 35.5 Å². The van der Waals surface area contributed by atoms with Crippen molar-refractivity contribution in [3.8, 4) is 40.9 Å². The van der Waals surface area contributed by atoms with E-state index in [0.29, 0.717) is 39.3 Å². The van der Waals surface area contributed by atoms with Gasteiger partial charge in [0.2, 0.25) is 0 Å². The number of phenolic OH excluding ortho intramolecular Hbond substituents is 3. The zero-order chi connectivity index (χ0) is 33.9. The average molecular weight is 539 g/mol. The van der Waals surface area contributed by atoms with Gasteiger partial charge in [-0.15, -0.1) is 0 Å². The highest BCUT2D eigenvalue weighted by Crippen LogP contribution is 2.58. The molecular formula is C31H24N4O5. The van der Waals surface area contributed by atoms with Crippen molar-refractivity contribution < 1.29 is 33.1 Å². The van der Waals surface area contributed by atoms with Crippen LogP contribution in [0.2, 0.25) is 0 Å². The van der Waals surface area contributed by atoms with Crippen molar-refractivity contribution in [3.05, 3.63) is 113 Å². The van der Waals surface area contributed by atoms with Crippen molar-refractivity contribution in [2.24, 2.45) is 5.10 Å². The number of hydrogen-bond donors (Lipinski definition) is 3. The quantitative estimate of drug-likeness (QED) is 0.275. The fraction of sp³-hybridized carbons (Fsp3) is 0.0968. The molecule has 0 bridgehead atoms. The molecule has 0 aromatic heterocycles. The van der Waals surface area contributed by atoms with E-state index >= 15 is 0 Å². The van der Waals surface area contributed by atoms with Crippen LogP contribution >= 0.6 is 0 Å². The topological polar surface area (TPSA) is 150 Å². The minimum Gasteiger partial charge on any atom is -0.508 e. The summed E-state index contributed by atoms with van der Waals surface area (Å²) in [6.45, 7) is -4.81. The Morgan fingerprint density at radius 1 is 0.850 bits per heavy atom. The van der Waals surface area contributed by atoms with E-state index in [4.69, 9.17) is 23.5 Å². The first kappa shape index (κ1) is 20.2. The van der Waals surface area contributed by atoms with Crippen LogP contribution in [0.5, 0.6) is 28.7 Å². The van der Waals surface area contributed by atoms with Gasteiger partial charge in [-0.2, -0.15) is 15.6 Å². The highest BCUT2D eigenvalue weighted by Gasteiger charge is 2.57. The molecule has 9 heteroatoms. The minimum atomic E-state index is -2.40. The van der Waals surface area contributed by atoms with Gasteiger partial charge in [0, 0.05) is 61.9 Å². The second-order valence-corrected chi connectivity index (χ2v) is 8.36. The van der Waals surface area contributed by atoms with Crippen molar-refractivity contribution in [2.45, 2.75) is 19.2 Å². The predicted molar refractivity (Wildman–Crippen MR) is 147 cm³/mol. The summed E-state index contributed by atoms with van der Waals surface area (Å²) in [4.78, 5) is 13.7. The van der Waals surface area contributed by atoms with E-state index in [1.54, 1.807) is 48.5 Å². The lowest BCUT2D eigenvalue weighted by Crippen LogP contribution is -2.44. The summed E-state index contributed by atoms with van der Waals surface area (Å²) in [7, 11) is 0. The van der Waals surface area contributed by atoms with E-state index in [9.17, 15) is 20.1 Å². The smallest absolute Gasteiger partial charge is 0.275 e. The third-order valence-electron chi connectivity index (χ3n) is 6.24. The molecule has 2 heterocycles. The number of rotatable bonds is 2. The Morgan fingerprint density at radius 3 is 1.98 bits per heavy atom. The Labute approximate surface area is 239 Å². The van der Waals surface area contributed by atoms with Crippen molar-refractivity contribution in [1.82, 2.24) is 5.01 Å². The molecule has 40 heavy (non-hydrogen) atoms. The largest absolute Gasteiger partial charge is 0.508 e. The third kappa shape index (κ3) is 4.53. The van der Waals surface area contributed by atoms with Crippen molar-refractivity contribution in [3.63, 3.8) is 0 Å². The number of fused-ring (bicyclic) bond motifs is 6. The fourth-order valence-electron chi connectivity index (χ4n) is 4.79. The fourth-order valence-corrected chi connectivity index (χ4v) is 4.79. The van der Waals surface area contributed by atoms with Gasteiger partial charge >= 0.3 is 0 Å². The van der Waals surface area contributed by atoms with Gasteiger partial charge in [-0.25, -0.2) is 5.01 Å². The van der Waals surface area contributed by atoms with Crippen LogP contribution in [0.4, 0.5) is 0 Å². The normalized spacial score (nSPS) is 16.1. The molecule has 2 aliphatic heterocycles. The lowest BCUT2D eigenvalue weighted by Gasteiger charge is -2.41. The van der Waals surface area contributed by atoms with Gasteiger partial charge in [-0.05, 0) is 42.5 Å². The maximum atomic E-state index is 13.7. The van der Waals surface area contributed by atoms with Crippen LogP contribution in [0.25, 0.3) is 0 Å². The molecule has 4 aromatic rings. The monoisotopic (exact) mass is 538 g/mol. The maximum absolute atomic E-state index is 13.7. The number of para-hydroxylation sites is 1. The Morgan fingerprint density at radius 2 is 1.40 bits per heavy atom. The Hall–Kier alpha value is -5.80. The number of hydrazone groups is 1. The van der Waals surface area contributed by atoms with E-state index in [1.807, 2.05) is 12.1 Å². The van der Waals surface area contributed by atoms with Gasteiger partial charge in [-0.3, -0.25) is 4.79 Å². The van der Waals surface area contributed by atoms with Gasteiger partial charge in [0.15, 0.2) is 0 Å². The number of amides is 1. The number of nitriles is 2. The first-order valence-corrected chi connectivity index (χ1v) is 11.6. The summed E-state index contributed by atoms with van der Waals surface area (Å²) in [5.41, 5.74) is 1.60. The SMILES string of the molecule is O=C1c2ccccc2C2(c3ccc(O)cc3Oc3cc(O)ccc32)N1/N=C/c1ccccc1O.[2H]C([2H])([2H])C#N.[2H]C([2H])([2H])C#N. The number of ether oxygens (including phenoxy) is 1. The van der Waals surface area contributed by atoms with Crippen LogP contribution < -0.4 is 4.74 Å². The predicted octanol–water partition coefficient (Wildman–Crippen LogP) is 5.75. The molecule has 2 aliphatic rings. The van der Waals surface area contributed by atoms with Gasteiger partial charge in [0.25, 0.3) is 5.91 Å². The molecule has 0 saturated heterocycles. The van der Waals surface area contributed by atoms with E-state index < -0.39 is 19.2 Å². The first-order valence-electron chi connectivity index (χ1n) is 14.6. The van der Waals surface area contributed by atoms with Crippen LogP contribution in [0.3, 0.4) is 0 Å². The lowest BCUT2D eigenvalue weighted by atomic mass is 9.75. The standard InChI is InChI=1S/C27H18N2O5.2C2H3N/c30-17-9-11-21-24(13-17)34-25-14-18(31)10-12-22(25)27(21)20-7-3-2-6-19(20)26(33)29(27)28-15-16-5-1-4-8-23(16)32;2*1-2-3/h1-15,30-32H;2*1H3/b28-15+;;/i;2*1D3. The number of carbonyl (C=O) groups is 1. The highest BCUT2D eigenvalue weighted by atomic mass is 16.5. The van der Waals surface area contributed by atoms with Gasteiger partial charge in [0.05, 0.1) is 18.4 Å². The summed E-state index contributed by atoms with van der Waals surface area (Å²) >= 11 is 0. The molecular weight excluding hydrogens is 508 g/mol. The molecule has 9 nitrogen and oxygen atoms in total. The van der Waals surface area contributed by atoms with Crippen molar-refractivity contribution in [1.29, 1.82) is 10.5 Å². The first-order chi connectivity index (χ1) is 21.6. The number of carbonyl (C=O) groups excluding carboxylic acids is 1. The van der Waals surface area contributed by atoms with Gasteiger partial charge in [-0.1, -0.05) is 30.3 Å². The van der Waals surface area contributed by atoms with Crippen LogP contribution in [0.1, 0.15) is 54.5 Å². The number of nitrogens with zero attached hydrogens (tertiary/aromatic N) is 4. The molecule has 198 valence electrons. The van der Waals surface area contributed by atoms with Crippen molar-refractivity contribution in [2.75, 3.05) is 0 Å². The lowest BCUT2D eigenvalue weighted by molar-refractivity contribution is 0.0675. The molecule has 0 fully saturated rings. The summed E-state index contributed by atoms with van der Waals surface area (Å²) in [6.07, 6.45) is 1.44. The molecule has 1 amide bonds. The summed E-state index contributed by atoms with van der Waals surface area (Å²) in [5.74, 6) is 0.378. The Bertz CT molecular complexity index is 1840. The molecule has 0 unspecified atom stereocenters. The number of benzene rings is 4. The van der Waals surface area contributed by atoms with Crippen LogP contribution in [-0.4, -0.2) is 32.5 Å². The van der Waals surface area contributed by atoms with Gasteiger partial charge in [0.1, 0.15) is 34.3 Å². The zero-order valence-electron chi connectivity index (χ0n) is 26.6.